The van der Waals surface area contributed by atoms with Crippen LogP contribution in [-0.4, -0.2) is 21.8 Å². The van der Waals surface area contributed by atoms with Crippen molar-refractivity contribution in [3.63, 3.8) is 0 Å². The predicted molar refractivity (Wildman–Crippen MR) is 111 cm³/mol. The molecule has 7 heteroatoms. The third-order valence-electron chi connectivity index (χ3n) is 4.41. The summed E-state index contributed by atoms with van der Waals surface area (Å²) < 4.78 is 6.08. The summed E-state index contributed by atoms with van der Waals surface area (Å²) in [7, 11) is 0. The predicted octanol–water partition coefficient (Wildman–Crippen LogP) is 5.32. The first-order valence-corrected chi connectivity index (χ1v) is 9.97. The second kappa shape index (κ2) is 7.37. The first-order valence-electron chi connectivity index (χ1n) is 8.78. The van der Waals surface area contributed by atoms with Crippen LogP contribution in [0.25, 0.3) is 10.6 Å². The Bertz CT molecular complexity index is 1060. The Balaban J connectivity index is 1.67. The van der Waals surface area contributed by atoms with Crippen LogP contribution in [0.15, 0.2) is 53.6 Å². The van der Waals surface area contributed by atoms with Crippen molar-refractivity contribution in [2.75, 3.05) is 0 Å². The van der Waals surface area contributed by atoms with Crippen LogP contribution in [0.5, 0.6) is 0 Å². The van der Waals surface area contributed by atoms with Gasteiger partial charge >= 0.3 is 0 Å². The van der Waals surface area contributed by atoms with Crippen LogP contribution >= 0.6 is 22.9 Å². The van der Waals surface area contributed by atoms with Crippen molar-refractivity contribution in [3.05, 3.63) is 75.3 Å². The topological polar surface area (TPSA) is 54.8 Å². The summed E-state index contributed by atoms with van der Waals surface area (Å²) in [4.78, 5) is 17.6. The quantitative estimate of drug-likeness (QED) is 0.586. The lowest BCUT2D eigenvalue weighted by molar-refractivity contribution is -0.135. The molecule has 0 saturated heterocycles. The zero-order valence-electron chi connectivity index (χ0n) is 15.6. The lowest BCUT2D eigenvalue weighted by Gasteiger charge is -2.19. The minimum Gasteiger partial charge on any atom is -0.445 e. The smallest absolute Gasteiger partial charge is 0.253 e. The van der Waals surface area contributed by atoms with E-state index in [1.165, 1.54) is 28.8 Å². The molecule has 1 aliphatic rings. The maximum atomic E-state index is 12.1. The van der Waals surface area contributed by atoms with Crippen LogP contribution in [0.3, 0.4) is 0 Å². The van der Waals surface area contributed by atoms with E-state index < -0.39 is 6.23 Å². The Labute approximate surface area is 172 Å². The molecular formula is C21H18ClN3O2S. The lowest BCUT2D eigenvalue weighted by atomic mass is 10.2. The van der Waals surface area contributed by atoms with Gasteiger partial charge in [-0.25, -0.2) is 4.98 Å². The van der Waals surface area contributed by atoms with E-state index in [0.29, 0.717) is 10.9 Å². The minimum absolute atomic E-state index is 0.198. The molecule has 142 valence electrons. The fraction of sp³-hybridized carbons (Fsp3) is 0.190. The molecule has 1 amide bonds. The molecule has 0 aliphatic carbocycles. The number of carbonyl (C=O) groups is 1. The van der Waals surface area contributed by atoms with E-state index in [1.54, 1.807) is 12.1 Å². The van der Waals surface area contributed by atoms with Crippen LogP contribution in [0, 0.1) is 13.8 Å². The van der Waals surface area contributed by atoms with Crippen molar-refractivity contribution < 1.29 is 9.53 Å². The van der Waals surface area contributed by atoms with E-state index >= 15 is 0 Å². The SMILES string of the molecule is CC(=O)N1N=C(c2sc(-c3ccc(C)cc3)nc2C)OC1c1ccc(Cl)cc1. The minimum atomic E-state index is -0.617. The van der Waals surface area contributed by atoms with Crippen molar-refractivity contribution in [2.24, 2.45) is 5.10 Å². The molecule has 5 nitrogen and oxygen atoms in total. The molecule has 1 atom stereocenters. The summed E-state index contributed by atoms with van der Waals surface area (Å²) in [5.41, 5.74) is 3.86. The van der Waals surface area contributed by atoms with E-state index in [9.17, 15) is 4.79 Å². The van der Waals surface area contributed by atoms with Crippen molar-refractivity contribution in [2.45, 2.75) is 27.0 Å². The van der Waals surface area contributed by atoms with Crippen molar-refractivity contribution in [3.8, 4) is 10.6 Å². The number of hydrogen-bond donors (Lipinski definition) is 0. The molecule has 1 aromatic heterocycles. The molecule has 0 radical (unpaired) electrons. The van der Waals surface area contributed by atoms with Gasteiger partial charge in [-0.05, 0) is 26.0 Å². The first-order chi connectivity index (χ1) is 13.4. The highest BCUT2D eigenvalue weighted by Gasteiger charge is 2.34. The molecule has 0 bridgehead atoms. The van der Waals surface area contributed by atoms with Gasteiger partial charge in [-0.15, -0.1) is 16.4 Å². The summed E-state index contributed by atoms with van der Waals surface area (Å²) in [6.07, 6.45) is -0.617. The molecule has 0 spiro atoms. The summed E-state index contributed by atoms with van der Waals surface area (Å²) >= 11 is 7.48. The largest absolute Gasteiger partial charge is 0.445 e. The standard InChI is InChI=1S/C21H18ClN3O2S/c1-12-4-6-15(7-5-12)20-23-13(2)18(28-20)19-24-25(14(3)26)21(27-19)16-8-10-17(22)11-9-16/h4-11,21H,1-3H3. The monoisotopic (exact) mass is 411 g/mol. The second-order valence-corrected chi connectivity index (χ2v) is 8.03. The number of halogens is 1. The van der Waals surface area contributed by atoms with Gasteiger partial charge in [0.25, 0.3) is 5.90 Å². The average Bonchev–Trinajstić information content (AvgIpc) is 3.27. The molecule has 2 aromatic carbocycles. The number of aryl methyl sites for hydroxylation is 2. The Morgan fingerprint density at radius 3 is 2.43 bits per heavy atom. The lowest BCUT2D eigenvalue weighted by Crippen LogP contribution is -2.25. The van der Waals surface area contributed by atoms with E-state index in [1.807, 2.05) is 31.2 Å². The normalized spacial score (nSPS) is 16.1. The zero-order valence-corrected chi connectivity index (χ0v) is 17.2. The third-order valence-corrected chi connectivity index (χ3v) is 5.86. The van der Waals surface area contributed by atoms with Crippen LogP contribution in [0.2, 0.25) is 5.02 Å². The first kappa shape index (κ1) is 18.7. The van der Waals surface area contributed by atoms with Gasteiger partial charge in [-0.2, -0.15) is 5.01 Å². The molecule has 4 rings (SSSR count). The van der Waals surface area contributed by atoms with E-state index in [0.717, 1.165) is 26.7 Å². The molecule has 0 saturated carbocycles. The second-order valence-electron chi connectivity index (χ2n) is 6.59. The van der Waals surface area contributed by atoms with Gasteiger partial charge in [0.2, 0.25) is 12.1 Å². The highest BCUT2D eigenvalue weighted by molar-refractivity contribution is 7.17. The fourth-order valence-corrected chi connectivity index (χ4v) is 4.04. The summed E-state index contributed by atoms with van der Waals surface area (Å²) in [6.45, 7) is 5.44. The van der Waals surface area contributed by atoms with E-state index in [2.05, 4.69) is 29.1 Å². The molecule has 0 fully saturated rings. The van der Waals surface area contributed by atoms with Gasteiger partial charge in [-0.3, -0.25) is 4.79 Å². The maximum Gasteiger partial charge on any atom is 0.253 e. The molecule has 3 aromatic rings. The molecule has 0 N–H and O–H groups in total. The van der Waals surface area contributed by atoms with Gasteiger partial charge < -0.3 is 4.74 Å². The zero-order chi connectivity index (χ0) is 19.8. The third kappa shape index (κ3) is 3.53. The van der Waals surface area contributed by atoms with Crippen LogP contribution in [-0.2, 0) is 9.53 Å². The fourth-order valence-electron chi connectivity index (χ4n) is 2.92. The highest BCUT2D eigenvalue weighted by atomic mass is 35.5. The van der Waals surface area contributed by atoms with Crippen molar-refractivity contribution >= 4 is 34.7 Å². The van der Waals surface area contributed by atoms with Gasteiger partial charge in [-0.1, -0.05) is 53.6 Å². The Morgan fingerprint density at radius 1 is 1.11 bits per heavy atom. The Morgan fingerprint density at radius 2 is 1.79 bits per heavy atom. The van der Waals surface area contributed by atoms with Crippen molar-refractivity contribution in [1.29, 1.82) is 0 Å². The number of rotatable bonds is 3. The molecule has 2 heterocycles. The number of thiazole rings is 1. The Kier molecular flexibility index (Phi) is 4.91. The number of carbonyl (C=O) groups excluding carboxylic acids is 1. The van der Waals surface area contributed by atoms with Gasteiger partial charge in [0, 0.05) is 23.1 Å². The van der Waals surface area contributed by atoms with E-state index in [4.69, 9.17) is 16.3 Å². The number of hydrogen-bond acceptors (Lipinski definition) is 5. The maximum absolute atomic E-state index is 12.1. The number of aromatic nitrogens is 1. The molecule has 1 unspecified atom stereocenters. The van der Waals surface area contributed by atoms with Gasteiger partial charge in [0.1, 0.15) is 9.88 Å². The summed E-state index contributed by atoms with van der Waals surface area (Å²) in [5.74, 6) is 0.208. The van der Waals surface area contributed by atoms with Gasteiger partial charge in [0.05, 0.1) is 5.69 Å². The van der Waals surface area contributed by atoms with Gasteiger partial charge in [0.15, 0.2) is 0 Å². The molecule has 1 aliphatic heterocycles. The molecular weight excluding hydrogens is 394 g/mol. The summed E-state index contributed by atoms with van der Waals surface area (Å²) in [6, 6.07) is 15.4. The summed E-state index contributed by atoms with van der Waals surface area (Å²) in [5, 5.41) is 7.30. The number of hydrazone groups is 1. The number of nitrogens with zero attached hydrogens (tertiary/aromatic N) is 3. The van der Waals surface area contributed by atoms with Crippen LogP contribution in [0.4, 0.5) is 0 Å². The molecule has 28 heavy (non-hydrogen) atoms. The van der Waals surface area contributed by atoms with E-state index in [-0.39, 0.29) is 5.91 Å². The number of benzene rings is 2. The number of ether oxygens (including phenoxy) is 1. The number of amides is 1. The van der Waals surface area contributed by atoms with Crippen molar-refractivity contribution in [1.82, 2.24) is 9.99 Å². The average molecular weight is 412 g/mol. The highest BCUT2D eigenvalue weighted by Crippen LogP contribution is 2.35. The van der Waals surface area contributed by atoms with Crippen LogP contribution in [0.1, 0.15) is 34.8 Å². The van der Waals surface area contributed by atoms with Crippen LogP contribution < -0.4 is 0 Å². The Hall–Kier alpha value is -2.70.